The quantitative estimate of drug-likeness (QED) is 0.347. The smallest absolute Gasteiger partial charge is 0.328 e. The number of imide groups is 1. The number of nitrogens with one attached hydrogen (secondary N) is 1. The number of rotatable bonds is 2. The Balaban J connectivity index is 2.28. The van der Waals surface area contributed by atoms with Crippen LogP contribution in [-0.4, -0.2) is 79.8 Å². The van der Waals surface area contributed by atoms with Crippen LogP contribution in [0.4, 0.5) is 9.18 Å². The van der Waals surface area contributed by atoms with E-state index in [1.165, 1.54) is 0 Å². The summed E-state index contributed by atoms with van der Waals surface area (Å²) in [5.74, 6) is -1.56. The number of halogens is 2. The summed E-state index contributed by atoms with van der Waals surface area (Å²) in [7, 11) is 0. The number of hydrogen-bond acceptors (Lipinski definition) is 7. The average Bonchev–Trinajstić information content (AvgIpc) is 2.65. The zero-order valence-electron chi connectivity index (χ0n) is 9.81. The summed E-state index contributed by atoms with van der Waals surface area (Å²) in [6.45, 7) is -0.680. The van der Waals surface area contributed by atoms with E-state index in [0.29, 0.717) is 0 Å². The Morgan fingerprint density at radius 2 is 1.95 bits per heavy atom. The largest absolute Gasteiger partial charge is 0.394 e. The van der Waals surface area contributed by atoms with Crippen molar-refractivity contribution in [2.75, 3.05) is 6.61 Å². The van der Waals surface area contributed by atoms with Gasteiger partial charge in [-0.25, -0.2) is 9.18 Å². The lowest BCUT2D eigenvalue weighted by Gasteiger charge is -2.40. The number of aliphatic hydroxyl groups excluding tert-OH is 4. The van der Waals surface area contributed by atoms with E-state index in [-0.39, 0.29) is 4.90 Å². The van der Waals surface area contributed by atoms with Crippen molar-refractivity contribution in [2.45, 2.75) is 35.9 Å². The maximum Gasteiger partial charge on any atom is 0.328 e. The van der Waals surface area contributed by atoms with E-state index in [1.807, 2.05) is 0 Å². The summed E-state index contributed by atoms with van der Waals surface area (Å²) >= 11 is 5.19. The molecule has 0 spiro atoms. The average molecular weight is 315 g/mol. The molecule has 0 saturated carbocycles. The number of ether oxygens (including phenoxy) is 1. The highest BCUT2D eigenvalue weighted by Crippen LogP contribution is 2.33. The molecule has 114 valence electrons. The monoisotopic (exact) mass is 314 g/mol. The number of carbonyl (C=O) groups is 2. The number of hydrogen-bond donors (Lipinski definition) is 5. The van der Waals surface area contributed by atoms with Gasteiger partial charge in [-0.1, -0.05) is 11.6 Å². The van der Waals surface area contributed by atoms with E-state index in [9.17, 15) is 29.3 Å². The van der Waals surface area contributed by atoms with E-state index < -0.39 is 54.4 Å². The summed E-state index contributed by atoms with van der Waals surface area (Å²) in [6.07, 6.45) is -8.65. The van der Waals surface area contributed by atoms with Crippen LogP contribution in [0.5, 0.6) is 0 Å². The fourth-order valence-electron chi connectivity index (χ4n) is 2.01. The van der Waals surface area contributed by atoms with Gasteiger partial charge in [0.1, 0.15) is 18.3 Å². The van der Waals surface area contributed by atoms with Crippen molar-refractivity contribution in [1.29, 1.82) is 0 Å². The van der Waals surface area contributed by atoms with Crippen LogP contribution in [0.2, 0.25) is 0 Å². The van der Waals surface area contributed by atoms with Crippen molar-refractivity contribution in [1.82, 2.24) is 10.2 Å². The minimum atomic E-state index is -3.33. The zero-order valence-corrected chi connectivity index (χ0v) is 10.6. The standard InChI is InChI=1S/C9H12ClFN2O7/c10-9(11)6(17)12-8(19)13(7(9)18)5-4(16)3(15)2(1-14)20-5/h2-5,7,14-16,18H,1H2,(H,12,17,19)/t2-,3?,4?,5-,7?,9?/m1/s1. The van der Waals surface area contributed by atoms with E-state index in [4.69, 9.17) is 21.4 Å². The Kier molecular flexibility index (Phi) is 3.88. The molecule has 2 rings (SSSR count). The molecule has 0 aromatic rings. The molecule has 3 amide bonds. The lowest BCUT2D eigenvalue weighted by Crippen LogP contribution is -2.69. The third kappa shape index (κ3) is 2.14. The van der Waals surface area contributed by atoms with Crippen molar-refractivity contribution >= 4 is 23.5 Å². The van der Waals surface area contributed by atoms with Crippen LogP contribution in [0.3, 0.4) is 0 Å². The van der Waals surface area contributed by atoms with E-state index in [1.54, 1.807) is 5.32 Å². The highest BCUT2D eigenvalue weighted by Gasteiger charge is 2.59. The molecule has 4 unspecified atom stereocenters. The number of aliphatic hydroxyl groups is 4. The number of amides is 3. The van der Waals surface area contributed by atoms with E-state index in [2.05, 4.69) is 0 Å². The molecule has 0 bridgehead atoms. The number of nitrogens with zero attached hydrogens (tertiary/aromatic N) is 1. The molecule has 20 heavy (non-hydrogen) atoms. The second-order valence-corrected chi connectivity index (χ2v) is 4.94. The SMILES string of the molecule is O=C1NC(=O)C(F)(Cl)C(O)N1[C@@H]1O[C@H](CO)C(O)C1O. The first-order valence-corrected chi connectivity index (χ1v) is 5.91. The van der Waals surface area contributed by atoms with Crippen molar-refractivity contribution in [3.8, 4) is 0 Å². The van der Waals surface area contributed by atoms with Crippen LogP contribution in [0.15, 0.2) is 0 Å². The Morgan fingerprint density at radius 1 is 1.35 bits per heavy atom. The van der Waals surface area contributed by atoms with Gasteiger partial charge < -0.3 is 25.2 Å². The van der Waals surface area contributed by atoms with Crippen LogP contribution in [0.25, 0.3) is 0 Å². The van der Waals surface area contributed by atoms with Gasteiger partial charge in [0, 0.05) is 0 Å². The summed E-state index contributed by atoms with van der Waals surface area (Å²) < 4.78 is 18.8. The third-order valence-corrected chi connectivity index (χ3v) is 3.50. The van der Waals surface area contributed by atoms with Crippen LogP contribution in [0, 0.1) is 0 Å². The zero-order chi connectivity index (χ0) is 15.2. The van der Waals surface area contributed by atoms with Gasteiger partial charge >= 0.3 is 11.2 Å². The molecule has 2 saturated heterocycles. The molecule has 2 aliphatic heterocycles. The van der Waals surface area contributed by atoms with E-state index in [0.717, 1.165) is 0 Å². The third-order valence-electron chi connectivity index (χ3n) is 3.14. The topological polar surface area (TPSA) is 140 Å². The molecule has 0 aromatic heterocycles. The molecule has 5 N–H and O–H groups in total. The normalized spacial score (nSPS) is 45.7. The molecule has 6 atom stereocenters. The maximum absolute atomic E-state index is 13.8. The fourth-order valence-corrected chi connectivity index (χ4v) is 2.16. The van der Waals surface area contributed by atoms with Crippen LogP contribution in [0.1, 0.15) is 0 Å². The van der Waals surface area contributed by atoms with Gasteiger partial charge in [0.25, 0.3) is 5.91 Å². The number of urea groups is 1. The molecule has 9 nitrogen and oxygen atoms in total. The highest BCUT2D eigenvalue weighted by atomic mass is 35.5. The first-order chi connectivity index (χ1) is 9.21. The second-order valence-electron chi connectivity index (χ2n) is 4.39. The predicted molar refractivity (Wildman–Crippen MR) is 58.8 cm³/mol. The van der Waals surface area contributed by atoms with Crippen LogP contribution in [-0.2, 0) is 9.53 Å². The Labute approximate surface area is 116 Å². The first kappa shape index (κ1) is 15.4. The fraction of sp³-hybridized carbons (Fsp3) is 0.778. The van der Waals surface area contributed by atoms with Gasteiger partial charge in [-0.2, -0.15) is 0 Å². The Bertz CT molecular complexity index is 437. The van der Waals surface area contributed by atoms with Crippen molar-refractivity contribution < 1.29 is 39.1 Å². The molecule has 11 heteroatoms. The van der Waals surface area contributed by atoms with Crippen molar-refractivity contribution in [3.05, 3.63) is 0 Å². The molecule has 2 fully saturated rings. The predicted octanol–water partition coefficient (Wildman–Crippen LogP) is -2.80. The molecule has 0 radical (unpaired) electrons. The van der Waals surface area contributed by atoms with Gasteiger partial charge in [0.05, 0.1) is 6.61 Å². The van der Waals surface area contributed by atoms with Crippen LogP contribution >= 0.6 is 11.6 Å². The minimum Gasteiger partial charge on any atom is -0.394 e. The first-order valence-electron chi connectivity index (χ1n) is 5.54. The summed E-state index contributed by atoms with van der Waals surface area (Å²) in [5, 5.41) is 36.0. The lowest BCUT2D eigenvalue weighted by molar-refractivity contribution is -0.173. The Morgan fingerprint density at radius 3 is 2.45 bits per heavy atom. The molecule has 2 aliphatic rings. The summed E-state index contributed by atoms with van der Waals surface area (Å²) in [4.78, 5) is 23.0. The summed E-state index contributed by atoms with van der Waals surface area (Å²) in [6, 6.07) is -1.26. The lowest BCUT2D eigenvalue weighted by atomic mass is 10.1. The maximum atomic E-state index is 13.8. The molecule has 0 aliphatic carbocycles. The van der Waals surface area contributed by atoms with Gasteiger partial charge in [0.15, 0.2) is 12.5 Å². The second kappa shape index (κ2) is 5.06. The van der Waals surface area contributed by atoms with Crippen molar-refractivity contribution in [3.63, 3.8) is 0 Å². The number of carbonyl (C=O) groups excluding carboxylic acids is 2. The molecular formula is C9H12ClFN2O7. The highest BCUT2D eigenvalue weighted by molar-refractivity contribution is 6.35. The van der Waals surface area contributed by atoms with Crippen molar-refractivity contribution in [2.24, 2.45) is 0 Å². The minimum absolute atomic E-state index is 0.248. The summed E-state index contributed by atoms with van der Waals surface area (Å²) in [5.41, 5.74) is 0. The Hall–Kier alpha value is -1.04. The molecule has 0 aromatic carbocycles. The molecular weight excluding hydrogens is 303 g/mol. The van der Waals surface area contributed by atoms with Gasteiger partial charge in [0.2, 0.25) is 0 Å². The van der Waals surface area contributed by atoms with Crippen LogP contribution < -0.4 is 5.32 Å². The van der Waals surface area contributed by atoms with Gasteiger partial charge in [-0.3, -0.25) is 15.0 Å². The van der Waals surface area contributed by atoms with E-state index >= 15 is 0 Å². The number of alkyl halides is 2. The van der Waals surface area contributed by atoms with Gasteiger partial charge in [-0.05, 0) is 0 Å². The molecule has 2 heterocycles. The van der Waals surface area contributed by atoms with Gasteiger partial charge in [-0.15, -0.1) is 0 Å².